The lowest BCUT2D eigenvalue weighted by atomic mass is 10.1. The van der Waals surface area contributed by atoms with Crippen molar-refractivity contribution in [2.24, 2.45) is 12.8 Å². The van der Waals surface area contributed by atoms with Gasteiger partial charge < -0.3 is 20.1 Å². The number of halogens is 3. The zero-order chi connectivity index (χ0) is 17.3. The van der Waals surface area contributed by atoms with E-state index >= 15 is 0 Å². The second kappa shape index (κ2) is 7.82. The normalized spacial score (nSPS) is 12.0. The van der Waals surface area contributed by atoms with Crippen LogP contribution in [0.15, 0.2) is 42.5 Å². The number of para-hydroxylation sites is 1. The van der Waals surface area contributed by atoms with Crippen LogP contribution in [-0.4, -0.2) is 22.3 Å². The molecule has 1 unspecified atom stereocenters. The molecule has 0 bridgehead atoms. The Labute approximate surface area is 150 Å². The lowest BCUT2D eigenvalue weighted by Gasteiger charge is -2.13. The average Bonchev–Trinajstić information content (AvgIpc) is 2.83. The van der Waals surface area contributed by atoms with Crippen LogP contribution >= 0.6 is 12.4 Å². The minimum absolute atomic E-state index is 0. The maximum absolute atomic E-state index is 13.9. The number of aliphatic hydroxyl groups is 1. The number of aryl methyl sites for hydroxylation is 1. The van der Waals surface area contributed by atoms with Gasteiger partial charge in [0.1, 0.15) is 5.82 Å². The second-order valence-electron chi connectivity index (χ2n) is 5.68. The van der Waals surface area contributed by atoms with E-state index in [1.807, 2.05) is 24.3 Å². The summed E-state index contributed by atoms with van der Waals surface area (Å²) in [5.74, 6) is -1.09. The molecule has 25 heavy (non-hydrogen) atoms. The van der Waals surface area contributed by atoms with Crippen LogP contribution in [-0.2, 0) is 13.5 Å². The van der Waals surface area contributed by atoms with E-state index in [1.54, 1.807) is 11.6 Å². The van der Waals surface area contributed by atoms with Crippen LogP contribution in [0.3, 0.4) is 0 Å². The van der Waals surface area contributed by atoms with E-state index in [0.29, 0.717) is 12.3 Å². The smallest absolute Gasteiger partial charge is 0.204 e. The molecule has 0 aliphatic rings. The third-order valence-electron chi connectivity index (χ3n) is 3.95. The molecule has 4 nitrogen and oxygen atoms in total. The molecule has 1 heterocycles. The summed E-state index contributed by atoms with van der Waals surface area (Å²) in [5, 5.41) is 10.2. The van der Waals surface area contributed by atoms with Crippen LogP contribution in [0.5, 0.6) is 11.6 Å². The van der Waals surface area contributed by atoms with Gasteiger partial charge in [0.15, 0.2) is 11.6 Å². The van der Waals surface area contributed by atoms with Gasteiger partial charge in [-0.25, -0.2) is 8.78 Å². The third-order valence-corrected chi connectivity index (χ3v) is 3.95. The summed E-state index contributed by atoms with van der Waals surface area (Å²) < 4.78 is 34.6. The Bertz CT molecular complexity index is 883. The van der Waals surface area contributed by atoms with Gasteiger partial charge in [-0.05, 0) is 24.6 Å². The van der Waals surface area contributed by atoms with E-state index in [0.717, 1.165) is 28.6 Å². The summed E-state index contributed by atoms with van der Waals surface area (Å²) in [5.41, 5.74) is 7.55. The molecular formula is C18H19ClF2N2O2. The molecule has 0 saturated carbocycles. The molecule has 0 aliphatic carbocycles. The molecular weight excluding hydrogens is 350 g/mol. The molecule has 0 fully saturated rings. The van der Waals surface area contributed by atoms with Gasteiger partial charge in [0.05, 0.1) is 12.1 Å². The quantitative estimate of drug-likeness (QED) is 0.724. The molecule has 0 saturated heterocycles. The van der Waals surface area contributed by atoms with Crippen LogP contribution in [0.25, 0.3) is 10.9 Å². The maximum atomic E-state index is 13.9. The molecule has 0 radical (unpaired) electrons. The van der Waals surface area contributed by atoms with E-state index < -0.39 is 17.7 Å². The summed E-state index contributed by atoms with van der Waals surface area (Å²) in [7, 11) is 1.80. The molecule has 7 heteroatoms. The fraction of sp³-hybridized carbons (Fsp3) is 0.222. The molecule has 0 amide bonds. The van der Waals surface area contributed by atoms with Gasteiger partial charge in [-0.1, -0.05) is 18.2 Å². The molecule has 134 valence electrons. The molecule has 1 aromatic heterocycles. The van der Waals surface area contributed by atoms with Crippen LogP contribution < -0.4 is 10.5 Å². The van der Waals surface area contributed by atoms with Gasteiger partial charge in [-0.15, -0.1) is 12.4 Å². The van der Waals surface area contributed by atoms with Gasteiger partial charge in [-0.2, -0.15) is 0 Å². The zero-order valence-corrected chi connectivity index (χ0v) is 14.4. The van der Waals surface area contributed by atoms with E-state index in [-0.39, 0.29) is 24.8 Å². The number of hydrogen-bond acceptors (Lipinski definition) is 3. The molecule has 3 N–H and O–H groups in total. The fourth-order valence-corrected chi connectivity index (χ4v) is 2.76. The Morgan fingerprint density at radius 1 is 1.20 bits per heavy atom. The summed E-state index contributed by atoms with van der Waals surface area (Å²) in [4.78, 5) is 0. The van der Waals surface area contributed by atoms with E-state index in [4.69, 9.17) is 10.5 Å². The minimum Gasteiger partial charge on any atom is -0.437 e. The Balaban J connectivity index is 0.00000225. The van der Waals surface area contributed by atoms with E-state index in [1.165, 1.54) is 6.07 Å². The van der Waals surface area contributed by atoms with Crippen molar-refractivity contribution < 1.29 is 18.6 Å². The molecule has 0 aliphatic heterocycles. The van der Waals surface area contributed by atoms with Crippen LogP contribution in [0, 0.1) is 11.6 Å². The highest BCUT2D eigenvalue weighted by molar-refractivity contribution is 5.87. The van der Waals surface area contributed by atoms with Crippen molar-refractivity contribution in [1.82, 2.24) is 4.57 Å². The highest BCUT2D eigenvalue weighted by Gasteiger charge is 2.20. The maximum Gasteiger partial charge on any atom is 0.204 e. The van der Waals surface area contributed by atoms with Crippen molar-refractivity contribution in [1.29, 1.82) is 0 Å². The first-order chi connectivity index (χ1) is 11.5. The number of ether oxygens (including phenoxy) is 1. The average molecular weight is 369 g/mol. The first-order valence-electron chi connectivity index (χ1n) is 7.57. The minimum atomic E-state index is -0.780. The number of fused-ring (bicyclic) bond motifs is 1. The summed E-state index contributed by atoms with van der Waals surface area (Å²) in [6.07, 6.45) is 0.371. The number of benzene rings is 2. The Morgan fingerprint density at radius 2 is 1.92 bits per heavy atom. The van der Waals surface area contributed by atoms with Gasteiger partial charge in [-0.3, -0.25) is 0 Å². The molecule has 3 aromatic rings. The van der Waals surface area contributed by atoms with Crippen molar-refractivity contribution in [2.75, 3.05) is 6.61 Å². The summed E-state index contributed by atoms with van der Waals surface area (Å²) in [6.45, 7) is -0.173. The summed E-state index contributed by atoms with van der Waals surface area (Å²) >= 11 is 0. The summed E-state index contributed by atoms with van der Waals surface area (Å²) in [6, 6.07) is 10.3. The predicted molar refractivity (Wildman–Crippen MR) is 95.4 cm³/mol. The topological polar surface area (TPSA) is 60.4 Å². The van der Waals surface area contributed by atoms with Crippen molar-refractivity contribution >= 4 is 23.3 Å². The Morgan fingerprint density at radius 3 is 2.60 bits per heavy atom. The van der Waals surface area contributed by atoms with Gasteiger partial charge >= 0.3 is 0 Å². The van der Waals surface area contributed by atoms with Gasteiger partial charge in [0.25, 0.3) is 0 Å². The number of aromatic nitrogens is 1. The monoisotopic (exact) mass is 368 g/mol. The lowest BCUT2D eigenvalue weighted by molar-refractivity contribution is 0.264. The van der Waals surface area contributed by atoms with E-state index in [9.17, 15) is 13.9 Å². The molecule has 2 aromatic carbocycles. The Kier molecular flexibility index (Phi) is 6.00. The van der Waals surface area contributed by atoms with Gasteiger partial charge in [0, 0.05) is 30.1 Å². The van der Waals surface area contributed by atoms with Crippen molar-refractivity contribution in [3.05, 3.63) is 59.7 Å². The molecule has 1 atom stereocenters. The zero-order valence-electron chi connectivity index (χ0n) is 13.6. The van der Waals surface area contributed by atoms with Gasteiger partial charge in [0.2, 0.25) is 5.88 Å². The second-order valence-corrected chi connectivity index (χ2v) is 5.68. The number of nitrogens with two attached hydrogens (primary N) is 1. The number of aliphatic hydroxyl groups excluding tert-OH is 1. The van der Waals surface area contributed by atoms with Crippen molar-refractivity contribution in [3.8, 4) is 11.6 Å². The highest BCUT2D eigenvalue weighted by Crippen LogP contribution is 2.35. The molecule has 3 rings (SSSR count). The first-order valence-corrected chi connectivity index (χ1v) is 7.57. The fourth-order valence-electron chi connectivity index (χ4n) is 2.76. The third kappa shape index (κ3) is 3.76. The van der Waals surface area contributed by atoms with Crippen molar-refractivity contribution in [2.45, 2.75) is 12.5 Å². The number of rotatable bonds is 5. The number of nitrogens with zero attached hydrogens (tertiary/aromatic N) is 1. The molecule has 0 spiro atoms. The Hall–Kier alpha value is -2.15. The van der Waals surface area contributed by atoms with Crippen molar-refractivity contribution in [3.63, 3.8) is 0 Å². The van der Waals surface area contributed by atoms with E-state index in [2.05, 4.69) is 0 Å². The SMILES string of the molecule is Cl.Cn1c(Oc2ccc(F)cc2F)c(CC(N)CO)c2ccccc21. The first kappa shape index (κ1) is 19.2. The van der Waals surface area contributed by atoms with Crippen LogP contribution in [0.1, 0.15) is 5.56 Å². The predicted octanol–water partition coefficient (Wildman–Crippen LogP) is 3.53. The highest BCUT2D eigenvalue weighted by atomic mass is 35.5. The lowest BCUT2D eigenvalue weighted by Crippen LogP contribution is -2.26. The largest absolute Gasteiger partial charge is 0.437 e. The van der Waals surface area contributed by atoms with Crippen LogP contribution in [0.4, 0.5) is 8.78 Å². The number of hydrogen-bond donors (Lipinski definition) is 2. The standard InChI is InChI=1S/C18H18F2N2O2.ClH/c1-22-16-5-3-2-4-13(16)14(9-12(21)10-23)18(22)24-17-7-6-11(19)8-15(17)20;/h2-8,12,23H,9-10,21H2,1H3;1H. The van der Waals surface area contributed by atoms with Crippen LogP contribution in [0.2, 0.25) is 0 Å².